The van der Waals surface area contributed by atoms with Crippen molar-refractivity contribution in [2.75, 3.05) is 19.4 Å². The average Bonchev–Trinajstić information content (AvgIpc) is 2.49. The second kappa shape index (κ2) is 8.90. The van der Waals surface area contributed by atoms with Crippen LogP contribution < -0.4 is 11.1 Å². The molecule has 1 aromatic carbocycles. The molecule has 1 fully saturated rings. The van der Waals surface area contributed by atoms with Crippen LogP contribution in [-0.4, -0.2) is 25.7 Å². The molecular weight excluding hydrogens is 288 g/mol. The summed E-state index contributed by atoms with van der Waals surface area (Å²) in [6, 6.07) is 7.09. The maximum atomic E-state index is 12.0. The molecule has 0 aromatic heterocycles. The molecule has 4 nitrogen and oxygen atoms in total. The Kier molecular flexibility index (Phi) is 7.54. The average molecular weight is 313 g/mol. The van der Waals surface area contributed by atoms with Gasteiger partial charge in [-0.2, -0.15) is 0 Å². The smallest absolute Gasteiger partial charge is 0.338 e. The standard InChI is InChI=1S/C16H24N2O2.ClH/c1-18-15(12-5-3-2-4-6-12)11-20-16(19)13-7-9-14(17)10-8-13;/h7-10,12,15,18H,2-6,11,17H2,1H3;1H. The molecule has 0 heterocycles. The molecule has 1 saturated carbocycles. The molecular formula is C16H25ClN2O2. The first kappa shape index (κ1) is 17.8. The Bertz CT molecular complexity index is 430. The van der Waals surface area contributed by atoms with E-state index in [4.69, 9.17) is 10.5 Å². The minimum atomic E-state index is -0.277. The molecule has 2 rings (SSSR count). The summed E-state index contributed by atoms with van der Waals surface area (Å²) in [6.45, 7) is 0.435. The van der Waals surface area contributed by atoms with Gasteiger partial charge in [-0.3, -0.25) is 0 Å². The zero-order valence-electron chi connectivity index (χ0n) is 12.5. The molecule has 5 heteroatoms. The molecule has 21 heavy (non-hydrogen) atoms. The van der Waals surface area contributed by atoms with Gasteiger partial charge in [0, 0.05) is 11.7 Å². The monoisotopic (exact) mass is 312 g/mol. The first-order valence-corrected chi connectivity index (χ1v) is 7.40. The van der Waals surface area contributed by atoms with E-state index in [9.17, 15) is 4.79 Å². The summed E-state index contributed by atoms with van der Waals surface area (Å²) >= 11 is 0. The Morgan fingerprint density at radius 2 is 1.90 bits per heavy atom. The third-order valence-corrected chi connectivity index (χ3v) is 4.13. The minimum Gasteiger partial charge on any atom is -0.460 e. The number of nitrogens with two attached hydrogens (primary N) is 1. The maximum absolute atomic E-state index is 12.0. The van der Waals surface area contributed by atoms with E-state index >= 15 is 0 Å². The van der Waals surface area contributed by atoms with Crippen molar-refractivity contribution in [2.45, 2.75) is 38.1 Å². The fraction of sp³-hybridized carbons (Fsp3) is 0.562. The maximum Gasteiger partial charge on any atom is 0.338 e. The van der Waals surface area contributed by atoms with Gasteiger partial charge in [0.05, 0.1) is 5.56 Å². The van der Waals surface area contributed by atoms with Crippen molar-refractivity contribution in [3.63, 3.8) is 0 Å². The minimum absolute atomic E-state index is 0. The van der Waals surface area contributed by atoms with Gasteiger partial charge in [0.15, 0.2) is 0 Å². The molecule has 0 amide bonds. The normalized spacial score (nSPS) is 16.8. The van der Waals surface area contributed by atoms with Gasteiger partial charge in [0.1, 0.15) is 6.61 Å². The number of halogens is 1. The molecule has 0 bridgehead atoms. The van der Waals surface area contributed by atoms with E-state index in [-0.39, 0.29) is 24.4 Å². The lowest BCUT2D eigenvalue weighted by Gasteiger charge is -2.29. The predicted octanol–water partition coefficient (Wildman–Crippen LogP) is 3.02. The van der Waals surface area contributed by atoms with Crippen LogP contribution in [0.15, 0.2) is 24.3 Å². The predicted molar refractivity (Wildman–Crippen MR) is 87.8 cm³/mol. The fourth-order valence-electron chi connectivity index (χ4n) is 2.86. The van der Waals surface area contributed by atoms with Gasteiger partial charge in [-0.25, -0.2) is 4.79 Å². The van der Waals surface area contributed by atoms with Crippen LogP contribution in [0.5, 0.6) is 0 Å². The van der Waals surface area contributed by atoms with Crippen LogP contribution in [0.3, 0.4) is 0 Å². The molecule has 0 radical (unpaired) electrons. The SMILES string of the molecule is CNC(COC(=O)c1ccc(N)cc1)C1CCCCC1.Cl. The van der Waals surface area contributed by atoms with E-state index in [1.807, 2.05) is 7.05 Å². The number of hydrogen-bond acceptors (Lipinski definition) is 4. The summed E-state index contributed by atoms with van der Waals surface area (Å²) in [6.07, 6.45) is 6.36. The van der Waals surface area contributed by atoms with Crippen LogP contribution in [0.2, 0.25) is 0 Å². The van der Waals surface area contributed by atoms with Gasteiger partial charge in [0.2, 0.25) is 0 Å². The molecule has 1 atom stereocenters. The van der Waals surface area contributed by atoms with Crippen LogP contribution in [0, 0.1) is 5.92 Å². The second-order valence-electron chi connectivity index (χ2n) is 5.51. The fourth-order valence-corrected chi connectivity index (χ4v) is 2.86. The van der Waals surface area contributed by atoms with Gasteiger partial charge >= 0.3 is 5.97 Å². The lowest BCUT2D eigenvalue weighted by Crippen LogP contribution is -2.39. The Labute approximate surface area is 132 Å². The number of likely N-dealkylation sites (N-methyl/N-ethyl adjacent to an activating group) is 1. The summed E-state index contributed by atoms with van der Waals surface area (Å²) in [5, 5.41) is 3.29. The summed E-state index contributed by atoms with van der Waals surface area (Å²) in [4.78, 5) is 12.0. The van der Waals surface area contributed by atoms with Crippen molar-refractivity contribution in [3.8, 4) is 0 Å². The molecule has 0 spiro atoms. The van der Waals surface area contributed by atoms with Crippen molar-refractivity contribution >= 4 is 24.1 Å². The van der Waals surface area contributed by atoms with Gasteiger partial charge in [-0.15, -0.1) is 12.4 Å². The number of nitrogen functional groups attached to an aromatic ring is 1. The third kappa shape index (κ3) is 5.21. The highest BCUT2D eigenvalue weighted by atomic mass is 35.5. The largest absolute Gasteiger partial charge is 0.460 e. The number of rotatable bonds is 5. The van der Waals surface area contributed by atoms with E-state index in [0.29, 0.717) is 23.8 Å². The van der Waals surface area contributed by atoms with Crippen LogP contribution in [0.1, 0.15) is 42.5 Å². The highest BCUT2D eigenvalue weighted by Crippen LogP contribution is 2.26. The molecule has 118 valence electrons. The number of esters is 1. The molecule has 1 aromatic rings. The van der Waals surface area contributed by atoms with E-state index in [1.165, 1.54) is 32.1 Å². The zero-order valence-corrected chi connectivity index (χ0v) is 13.3. The van der Waals surface area contributed by atoms with Crippen molar-refractivity contribution in [2.24, 2.45) is 5.92 Å². The number of ether oxygens (including phenoxy) is 1. The van der Waals surface area contributed by atoms with E-state index in [1.54, 1.807) is 24.3 Å². The summed E-state index contributed by atoms with van der Waals surface area (Å²) < 4.78 is 5.43. The quantitative estimate of drug-likeness (QED) is 0.648. The molecule has 1 unspecified atom stereocenters. The van der Waals surface area contributed by atoms with E-state index in [2.05, 4.69) is 5.32 Å². The second-order valence-corrected chi connectivity index (χ2v) is 5.51. The number of hydrogen-bond donors (Lipinski definition) is 2. The summed E-state index contributed by atoms with van der Waals surface area (Å²) in [7, 11) is 1.94. The van der Waals surface area contributed by atoms with E-state index < -0.39 is 0 Å². The topological polar surface area (TPSA) is 64.3 Å². The molecule has 1 aliphatic rings. The van der Waals surface area contributed by atoms with Gasteiger partial charge in [-0.05, 0) is 50.1 Å². The van der Waals surface area contributed by atoms with Crippen LogP contribution in [0.25, 0.3) is 0 Å². The molecule has 0 saturated heterocycles. The van der Waals surface area contributed by atoms with Crippen LogP contribution >= 0.6 is 12.4 Å². The lowest BCUT2D eigenvalue weighted by molar-refractivity contribution is 0.0421. The van der Waals surface area contributed by atoms with Crippen LogP contribution in [-0.2, 0) is 4.74 Å². The number of nitrogens with one attached hydrogen (secondary N) is 1. The van der Waals surface area contributed by atoms with Gasteiger partial charge in [-0.1, -0.05) is 19.3 Å². The highest BCUT2D eigenvalue weighted by molar-refractivity contribution is 5.89. The number of benzene rings is 1. The molecule has 1 aliphatic carbocycles. The Balaban J connectivity index is 0.00000220. The summed E-state index contributed by atoms with van der Waals surface area (Å²) in [5.74, 6) is 0.342. The zero-order chi connectivity index (χ0) is 14.4. The summed E-state index contributed by atoms with van der Waals surface area (Å²) in [5.41, 5.74) is 6.81. The van der Waals surface area contributed by atoms with Crippen molar-refractivity contribution in [1.82, 2.24) is 5.32 Å². The first-order valence-electron chi connectivity index (χ1n) is 7.40. The van der Waals surface area contributed by atoms with Crippen molar-refractivity contribution in [3.05, 3.63) is 29.8 Å². The number of carbonyl (C=O) groups excluding carboxylic acids is 1. The Hall–Kier alpha value is -1.26. The van der Waals surface area contributed by atoms with Gasteiger partial charge in [0.25, 0.3) is 0 Å². The van der Waals surface area contributed by atoms with Crippen molar-refractivity contribution < 1.29 is 9.53 Å². The first-order chi connectivity index (χ1) is 9.70. The number of carbonyl (C=O) groups is 1. The molecule has 3 N–H and O–H groups in total. The Morgan fingerprint density at radius 3 is 2.48 bits per heavy atom. The molecule has 0 aliphatic heterocycles. The third-order valence-electron chi connectivity index (χ3n) is 4.13. The number of anilines is 1. The highest BCUT2D eigenvalue weighted by Gasteiger charge is 2.23. The van der Waals surface area contributed by atoms with E-state index in [0.717, 1.165) is 0 Å². The van der Waals surface area contributed by atoms with Gasteiger partial charge < -0.3 is 15.8 Å². The van der Waals surface area contributed by atoms with Crippen molar-refractivity contribution in [1.29, 1.82) is 0 Å². The lowest BCUT2D eigenvalue weighted by atomic mass is 9.84. The van der Waals surface area contributed by atoms with Crippen LogP contribution in [0.4, 0.5) is 5.69 Å². The Morgan fingerprint density at radius 1 is 1.29 bits per heavy atom.